The predicted molar refractivity (Wildman–Crippen MR) is 84.3 cm³/mol. The number of hydrogen-bond acceptors (Lipinski definition) is 4. The number of amides is 2. The molecule has 0 spiro atoms. The topological polar surface area (TPSA) is 80.3 Å². The summed E-state index contributed by atoms with van der Waals surface area (Å²) in [6, 6.07) is 4.70. The smallest absolute Gasteiger partial charge is 0.320 e. The van der Waals surface area contributed by atoms with Gasteiger partial charge in [-0.15, -0.1) is 0 Å². The Kier molecular flexibility index (Phi) is 5.37. The molecule has 0 aromatic carbocycles. The van der Waals surface area contributed by atoms with Crippen LogP contribution in [0.15, 0.2) is 69.9 Å². The number of carbonyl (C=O) groups excluding carboxylic acids is 1. The van der Waals surface area contributed by atoms with Crippen molar-refractivity contribution in [2.75, 3.05) is 11.9 Å². The molecule has 0 radical (unpaired) electrons. The minimum absolute atomic E-state index is 0.309. The van der Waals surface area contributed by atoms with Crippen molar-refractivity contribution < 1.29 is 13.7 Å². The third-order valence-corrected chi connectivity index (χ3v) is 2.68. The van der Waals surface area contributed by atoms with Gasteiger partial charge in [-0.1, -0.05) is 36.0 Å². The Morgan fingerprint density at radius 2 is 2.32 bits per heavy atom. The van der Waals surface area contributed by atoms with Gasteiger partial charge in [0.25, 0.3) is 0 Å². The van der Waals surface area contributed by atoms with Crippen LogP contribution in [0.5, 0.6) is 0 Å². The molecule has 0 atom stereocenters. The molecule has 0 saturated heterocycles. The number of urea groups is 1. The van der Waals surface area contributed by atoms with Gasteiger partial charge < -0.3 is 14.3 Å². The SMILES string of the molecule is C=C/C=C(\C=C/C)CNC(=O)Nc1cc(-c2ccco2)on1. The summed E-state index contributed by atoms with van der Waals surface area (Å²) in [5.41, 5.74) is 0.934. The second kappa shape index (κ2) is 7.68. The first-order valence-electron chi connectivity index (χ1n) is 6.72. The number of nitrogens with zero attached hydrogens (tertiary/aromatic N) is 1. The Bertz CT molecular complexity index is 681. The molecule has 6 heteroatoms. The fourth-order valence-corrected chi connectivity index (χ4v) is 1.75. The molecule has 0 saturated carbocycles. The Morgan fingerprint density at radius 3 is 3.00 bits per heavy atom. The lowest BCUT2D eigenvalue weighted by molar-refractivity contribution is 0.252. The first kappa shape index (κ1) is 15.4. The van der Waals surface area contributed by atoms with Crippen molar-refractivity contribution >= 4 is 11.8 Å². The van der Waals surface area contributed by atoms with E-state index in [0.717, 1.165) is 5.57 Å². The van der Waals surface area contributed by atoms with E-state index in [-0.39, 0.29) is 6.03 Å². The molecule has 2 rings (SSSR count). The van der Waals surface area contributed by atoms with E-state index >= 15 is 0 Å². The molecule has 114 valence electrons. The number of hydrogen-bond donors (Lipinski definition) is 2. The van der Waals surface area contributed by atoms with Gasteiger partial charge in [-0.3, -0.25) is 5.32 Å². The number of aromatic nitrogens is 1. The molecule has 2 heterocycles. The second-order valence-electron chi connectivity index (χ2n) is 4.34. The zero-order valence-corrected chi connectivity index (χ0v) is 12.2. The van der Waals surface area contributed by atoms with Crippen molar-refractivity contribution in [3.8, 4) is 11.5 Å². The van der Waals surface area contributed by atoms with E-state index in [0.29, 0.717) is 23.9 Å². The molecule has 6 nitrogen and oxygen atoms in total. The molecule has 22 heavy (non-hydrogen) atoms. The molecule has 2 N–H and O–H groups in total. The van der Waals surface area contributed by atoms with Gasteiger partial charge in [0.2, 0.25) is 5.76 Å². The van der Waals surface area contributed by atoms with E-state index in [9.17, 15) is 4.79 Å². The van der Waals surface area contributed by atoms with E-state index in [1.165, 1.54) is 6.26 Å². The fraction of sp³-hybridized carbons (Fsp3) is 0.125. The number of furan rings is 1. The lowest BCUT2D eigenvalue weighted by Crippen LogP contribution is -2.30. The van der Waals surface area contributed by atoms with Gasteiger partial charge in [0.15, 0.2) is 11.6 Å². The van der Waals surface area contributed by atoms with Gasteiger partial charge in [-0.2, -0.15) is 0 Å². The molecule has 0 aliphatic rings. The lowest BCUT2D eigenvalue weighted by Gasteiger charge is -2.05. The van der Waals surface area contributed by atoms with Gasteiger partial charge in [-0.05, 0) is 24.6 Å². The van der Waals surface area contributed by atoms with Crippen LogP contribution in [0.1, 0.15) is 6.92 Å². The van der Waals surface area contributed by atoms with Crippen molar-refractivity contribution in [3.63, 3.8) is 0 Å². The summed E-state index contributed by atoms with van der Waals surface area (Å²) < 4.78 is 10.3. The maximum Gasteiger partial charge on any atom is 0.320 e. The molecule has 2 amide bonds. The van der Waals surface area contributed by atoms with E-state index in [1.54, 1.807) is 24.3 Å². The summed E-state index contributed by atoms with van der Waals surface area (Å²) in [4.78, 5) is 11.8. The van der Waals surface area contributed by atoms with E-state index < -0.39 is 0 Å². The van der Waals surface area contributed by atoms with Crippen molar-refractivity contribution in [3.05, 3.63) is 60.9 Å². The van der Waals surface area contributed by atoms with Gasteiger partial charge in [0.1, 0.15) is 0 Å². The molecule has 0 unspecified atom stereocenters. The Hall–Kier alpha value is -3.02. The van der Waals surface area contributed by atoms with Crippen LogP contribution in [-0.4, -0.2) is 17.7 Å². The van der Waals surface area contributed by atoms with Crippen LogP contribution >= 0.6 is 0 Å². The van der Waals surface area contributed by atoms with Gasteiger partial charge in [-0.25, -0.2) is 4.79 Å². The zero-order chi connectivity index (χ0) is 15.8. The molecular weight excluding hydrogens is 282 g/mol. The fourth-order valence-electron chi connectivity index (χ4n) is 1.75. The predicted octanol–water partition coefficient (Wildman–Crippen LogP) is 3.74. The summed E-state index contributed by atoms with van der Waals surface area (Å²) in [5.74, 6) is 1.30. The lowest BCUT2D eigenvalue weighted by atomic mass is 10.2. The van der Waals surface area contributed by atoms with E-state index in [4.69, 9.17) is 8.94 Å². The molecule has 0 bridgehead atoms. The number of nitrogens with one attached hydrogen (secondary N) is 2. The van der Waals surface area contributed by atoms with Gasteiger partial charge in [0, 0.05) is 12.6 Å². The standard InChI is InChI=1S/C16H17N3O3/c1-3-6-12(7-4-2)11-17-16(20)18-15-10-14(22-19-15)13-8-5-9-21-13/h3-10H,1,11H2,2H3,(H2,17,18,19,20)/b7-4-,12-6+. The summed E-state index contributed by atoms with van der Waals surface area (Å²) in [6.45, 7) is 5.92. The van der Waals surface area contributed by atoms with Crippen LogP contribution in [0.2, 0.25) is 0 Å². The normalized spacial score (nSPS) is 11.6. The van der Waals surface area contributed by atoms with Crippen molar-refractivity contribution in [1.82, 2.24) is 10.5 Å². The van der Waals surface area contributed by atoms with Crippen LogP contribution in [0.4, 0.5) is 10.6 Å². The van der Waals surface area contributed by atoms with Gasteiger partial charge >= 0.3 is 6.03 Å². The highest BCUT2D eigenvalue weighted by Crippen LogP contribution is 2.22. The Morgan fingerprint density at radius 1 is 1.45 bits per heavy atom. The highest BCUT2D eigenvalue weighted by molar-refractivity contribution is 5.88. The molecule has 2 aromatic heterocycles. The number of carbonyl (C=O) groups is 1. The average Bonchev–Trinajstić information content (AvgIpc) is 3.16. The van der Waals surface area contributed by atoms with Crippen LogP contribution in [0.3, 0.4) is 0 Å². The summed E-state index contributed by atoms with van der Waals surface area (Å²) in [7, 11) is 0. The van der Waals surface area contributed by atoms with Crippen molar-refractivity contribution in [1.29, 1.82) is 0 Å². The highest BCUT2D eigenvalue weighted by atomic mass is 16.5. The number of allylic oxidation sites excluding steroid dienone is 3. The zero-order valence-electron chi connectivity index (χ0n) is 12.2. The minimum atomic E-state index is -0.376. The summed E-state index contributed by atoms with van der Waals surface area (Å²) in [6.07, 6.45) is 8.81. The maximum atomic E-state index is 11.8. The summed E-state index contributed by atoms with van der Waals surface area (Å²) >= 11 is 0. The minimum Gasteiger partial charge on any atom is -0.461 e. The van der Waals surface area contributed by atoms with Crippen molar-refractivity contribution in [2.45, 2.75) is 6.92 Å². The van der Waals surface area contributed by atoms with Crippen LogP contribution < -0.4 is 10.6 Å². The summed E-state index contributed by atoms with van der Waals surface area (Å²) in [5, 5.41) is 9.07. The molecule has 2 aromatic rings. The van der Waals surface area contributed by atoms with Gasteiger partial charge in [0.05, 0.1) is 6.26 Å². The quantitative estimate of drug-likeness (QED) is 0.796. The largest absolute Gasteiger partial charge is 0.461 e. The average molecular weight is 299 g/mol. The molecule has 0 aliphatic heterocycles. The monoisotopic (exact) mass is 299 g/mol. The third kappa shape index (κ3) is 4.24. The van der Waals surface area contributed by atoms with Crippen LogP contribution in [0.25, 0.3) is 11.5 Å². The first-order valence-corrected chi connectivity index (χ1v) is 6.72. The van der Waals surface area contributed by atoms with E-state index in [2.05, 4.69) is 22.4 Å². The Balaban J connectivity index is 1.90. The second-order valence-corrected chi connectivity index (χ2v) is 4.34. The van der Waals surface area contributed by atoms with Crippen LogP contribution in [-0.2, 0) is 0 Å². The number of rotatable bonds is 6. The highest BCUT2D eigenvalue weighted by Gasteiger charge is 2.11. The first-order chi connectivity index (χ1) is 10.7. The van der Waals surface area contributed by atoms with Crippen LogP contribution in [0, 0.1) is 0 Å². The van der Waals surface area contributed by atoms with E-state index in [1.807, 2.05) is 25.2 Å². The maximum absolute atomic E-state index is 11.8. The Labute approximate surface area is 128 Å². The number of anilines is 1. The molecule has 0 fully saturated rings. The third-order valence-electron chi connectivity index (χ3n) is 2.68. The molecule has 0 aliphatic carbocycles. The van der Waals surface area contributed by atoms with Crippen molar-refractivity contribution in [2.24, 2.45) is 0 Å². The molecular formula is C16H17N3O3.